The fraction of sp³-hybridized carbons (Fsp3) is 0.963. The van der Waals surface area contributed by atoms with Crippen molar-refractivity contribution in [3.63, 3.8) is 0 Å². The van der Waals surface area contributed by atoms with Crippen molar-refractivity contribution < 1.29 is 9.90 Å². The van der Waals surface area contributed by atoms with E-state index in [1.807, 2.05) is 0 Å². The third-order valence-corrected chi connectivity index (χ3v) is 10.5. The monoisotopic (exact) mass is 402 g/mol. The Balaban J connectivity index is 1.53. The normalized spacial score (nSPS) is 48.2. The van der Waals surface area contributed by atoms with Crippen LogP contribution in [-0.2, 0) is 4.79 Å². The second-order valence-electron chi connectivity index (χ2n) is 12.6. The van der Waals surface area contributed by atoms with Crippen molar-refractivity contribution in [1.82, 2.24) is 0 Å². The summed E-state index contributed by atoms with van der Waals surface area (Å²) >= 11 is 0. The van der Waals surface area contributed by atoms with Crippen LogP contribution < -0.4 is 0 Å². The zero-order valence-electron chi connectivity index (χ0n) is 19.8. The number of carbonyl (C=O) groups excluding carboxylic acids is 1. The molecular formula is C27H46O2. The Hall–Kier alpha value is -0.370. The van der Waals surface area contributed by atoms with Gasteiger partial charge in [0.2, 0.25) is 0 Å². The van der Waals surface area contributed by atoms with Crippen LogP contribution in [-0.4, -0.2) is 17.0 Å². The van der Waals surface area contributed by atoms with Gasteiger partial charge in [-0.2, -0.15) is 0 Å². The van der Waals surface area contributed by atoms with E-state index in [1.54, 1.807) is 0 Å². The summed E-state index contributed by atoms with van der Waals surface area (Å²) in [7, 11) is 0. The van der Waals surface area contributed by atoms with Crippen LogP contribution in [0.3, 0.4) is 0 Å². The Morgan fingerprint density at radius 2 is 1.72 bits per heavy atom. The van der Waals surface area contributed by atoms with Crippen molar-refractivity contribution in [2.24, 2.45) is 52.3 Å². The van der Waals surface area contributed by atoms with Gasteiger partial charge in [-0.1, -0.05) is 53.9 Å². The lowest BCUT2D eigenvalue weighted by Crippen LogP contribution is -2.55. The largest absolute Gasteiger partial charge is 0.393 e. The number of aliphatic hydroxyl groups is 1. The second-order valence-corrected chi connectivity index (χ2v) is 12.6. The molecule has 2 nitrogen and oxygen atoms in total. The zero-order chi connectivity index (χ0) is 21.0. The highest BCUT2D eigenvalue weighted by atomic mass is 16.3. The quantitative estimate of drug-likeness (QED) is 0.559. The van der Waals surface area contributed by atoms with Crippen LogP contribution in [0.15, 0.2) is 0 Å². The van der Waals surface area contributed by atoms with Crippen molar-refractivity contribution in [1.29, 1.82) is 0 Å². The number of Topliss-reactive ketones (excluding diaryl/α,β-unsaturated/α-hetero) is 1. The van der Waals surface area contributed by atoms with Crippen LogP contribution in [0, 0.1) is 52.3 Å². The van der Waals surface area contributed by atoms with Gasteiger partial charge < -0.3 is 5.11 Å². The minimum absolute atomic E-state index is 0.115. The summed E-state index contributed by atoms with van der Waals surface area (Å²) in [5, 5.41) is 10.5. The van der Waals surface area contributed by atoms with Crippen molar-refractivity contribution >= 4 is 5.78 Å². The van der Waals surface area contributed by atoms with Crippen molar-refractivity contribution in [2.75, 3.05) is 0 Å². The van der Waals surface area contributed by atoms with E-state index in [0.717, 1.165) is 31.1 Å². The summed E-state index contributed by atoms with van der Waals surface area (Å²) < 4.78 is 0. The molecule has 0 aliphatic heterocycles. The first-order chi connectivity index (χ1) is 13.7. The minimum Gasteiger partial charge on any atom is -0.393 e. The number of hydrogen-bond acceptors (Lipinski definition) is 2. The number of hydrogen-bond donors (Lipinski definition) is 1. The molecule has 1 N–H and O–H groups in total. The van der Waals surface area contributed by atoms with Gasteiger partial charge in [0, 0.05) is 12.3 Å². The summed E-state index contributed by atoms with van der Waals surface area (Å²) in [6.07, 6.45) is 12.9. The second kappa shape index (κ2) is 7.95. The maximum Gasteiger partial charge on any atom is 0.137 e. The number of aliphatic hydroxyl groups excluding tert-OH is 1. The van der Waals surface area contributed by atoms with Crippen LogP contribution in [0.2, 0.25) is 0 Å². The van der Waals surface area contributed by atoms with E-state index < -0.39 is 0 Å². The Morgan fingerprint density at radius 3 is 2.45 bits per heavy atom. The Morgan fingerprint density at radius 1 is 1.00 bits per heavy atom. The molecule has 29 heavy (non-hydrogen) atoms. The molecule has 0 aromatic carbocycles. The highest BCUT2D eigenvalue weighted by Gasteiger charge is 2.63. The summed E-state index contributed by atoms with van der Waals surface area (Å²) in [4.78, 5) is 13.4. The maximum atomic E-state index is 13.4. The van der Waals surface area contributed by atoms with Crippen molar-refractivity contribution in [3.05, 3.63) is 0 Å². The fourth-order valence-electron chi connectivity index (χ4n) is 9.07. The number of carbonyl (C=O) groups is 1. The van der Waals surface area contributed by atoms with E-state index in [9.17, 15) is 9.90 Å². The van der Waals surface area contributed by atoms with E-state index in [2.05, 4.69) is 34.6 Å². The molecule has 1 unspecified atom stereocenters. The van der Waals surface area contributed by atoms with Gasteiger partial charge in [0.25, 0.3) is 0 Å². The first-order valence-electron chi connectivity index (χ1n) is 12.9. The van der Waals surface area contributed by atoms with E-state index in [0.29, 0.717) is 35.4 Å². The van der Waals surface area contributed by atoms with Gasteiger partial charge in [-0.15, -0.1) is 0 Å². The Labute approximate surface area is 179 Å². The van der Waals surface area contributed by atoms with Crippen molar-refractivity contribution in [3.8, 4) is 0 Å². The van der Waals surface area contributed by atoms with Gasteiger partial charge in [-0.05, 0) is 91.3 Å². The Kier molecular flexibility index (Phi) is 5.99. The smallest absolute Gasteiger partial charge is 0.137 e. The predicted molar refractivity (Wildman–Crippen MR) is 119 cm³/mol. The molecule has 0 spiro atoms. The third kappa shape index (κ3) is 3.64. The number of fused-ring (bicyclic) bond motifs is 5. The van der Waals surface area contributed by atoms with Crippen LogP contribution >= 0.6 is 0 Å². The fourth-order valence-corrected chi connectivity index (χ4v) is 9.07. The Bertz CT molecular complexity index is 612. The van der Waals surface area contributed by atoms with Gasteiger partial charge in [-0.3, -0.25) is 4.79 Å². The molecule has 4 aliphatic rings. The van der Waals surface area contributed by atoms with Crippen LogP contribution in [0.5, 0.6) is 0 Å². The summed E-state index contributed by atoms with van der Waals surface area (Å²) in [6, 6.07) is 0. The molecule has 4 aliphatic carbocycles. The molecule has 9 atom stereocenters. The van der Waals surface area contributed by atoms with Gasteiger partial charge in [0.15, 0.2) is 0 Å². The third-order valence-electron chi connectivity index (χ3n) is 10.5. The first kappa shape index (κ1) is 21.8. The first-order valence-corrected chi connectivity index (χ1v) is 12.9. The van der Waals surface area contributed by atoms with Gasteiger partial charge in [0.1, 0.15) is 5.78 Å². The number of rotatable bonds is 5. The lowest BCUT2D eigenvalue weighted by Gasteiger charge is -2.60. The standard InChI is InChI=1S/C27H46O2/c1-17(2)7-6-8-18(3)23-15-24(29)25-21-12-10-19-9-11-20(28)16-27(19,5)22(21)13-14-26(23,25)4/h17-23,25,28H,6-16H2,1-5H3/t18-,19-,20?,21-,22+,23-,25-,26-,27+/m1/s1. The zero-order valence-corrected chi connectivity index (χ0v) is 19.8. The molecule has 0 aromatic heterocycles. The molecule has 0 amide bonds. The SMILES string of the molecule is CC(C)CCC[C@@H](C)[C@H]1CC(=O)[C@H]2[C@@H]3CC[C@H]4CCC(O)C[C@]4(C)[C@H]3CC[C@]12C. The minimum atomic E-state index is -0.115. The van der Waals surface area contributed by atoms with Gasteiger partial charge >= 0.3 is 0 Å². The maximum absolute atomic E-state index is 13.4. The molecule has 4 fully saturated rings. The topological polar surface area (TPSA) is 37.3 Å². The highest BCUT2D eigenvalue weighted by Crippen LogP contribution is 2.67. The van der Waals surface area contributed by atoms with Gasteiger partial charge in [-0.25, -0.2) is 0 Å². The van der Waals surface area contributed by atoms with Crippen LogP contribution in [0.1, 0.15) is 105 Å². The van der Waals surface area contributed by atoms with Gasteiger partial charge in [0.05, 0.1) is 6.10 Å². The summed E-state index contributed by atoms with van der Waals surface area (Å²) in [5.74, 6) is 4.97. The molecule has 166 valence electrons. The van der Waals surface area contributed by atoms with E-state index in [4.69, 9.17) is 0 Å². The van der Waals surface area contributed by atoms with E-state index >= 15 is 0 Å². The average Bonchev–Trinajstić information content (AvgIpc) is 2.91. The highest BCUT2D eigenvalue weighted by molar-refractivity contribution is 5.85. The molecule has 0 bridgehead atoms. The molecule has 4 saturated carbocycles. The lowest BCUT2D eigenvalue weighted by atomic mass is 9.44. The van der Waals surface area contributed by atoms with Crippen LogP contribution in [0.25, 0.3) is 0 Å². The predicted octanol–water partition coefficient (Wildman–Crippen LogP) is 6.65. The molecule has 0 heterocycles. The molecule has 0 saturated heterocycles. The lowest BCUT2D eigenvalue weighted by molar-refractivity contribution is -0.147. The summed E-state index contributed by atoms with van der Waals surface area (Å²) in [5.41, 5.74) is 0.495. The molecule has 2 heteroatoms. The van der Waals surface area contributed by atoms with E-state index in [-0.39, 0.29) is 16.9 Å². The molecule has 0 aromatic rings. The van der Waals surface area contributed by atoms with E-state index in [1.165, 1.54) is 51.4 Å². The van der Waals surface area contributed by atoms with Crippen molar-refractivity contribution in [2.45, 2.75) is 111 Å². The molecule has 0 radical (unpaired) electrons. The average molecular weight is 403 g/mol. The molecular weight excluding hydrogens is 356 g/mol. The number of ketones is 1. The molecule has 4 rings (SSSR count). The summed E-state index contributed by atoms with van der Waals surface area (Å²) in [6.45, 7) is 12.0. The van der Waals surface area contributed by atoms with Crippen LogP contribution in [0.4, 0.5) is 0 Å².